The van der Waals surface area contributed by atoms with Crippen molar-refractivity contribution >= 4 is 40.9 Å². The summed E-state index contributed by atoms with van der Waals surface area (Å²) in [6, 6.07) is 14.7. The molecule has 2 aliphatic rings. The van der Waals surface area contributed by atoms with Crippen molar-refractivity contribution in [1.82, 2.24) is 10.2 Å². The Kier molecular flexibility index (Phi) is 6.30. The minimum Gasteiger partial charge on any atom is -0.325 e. The first-order valence-electron chi connectivity index (χ1n) is 11.0. The fourth-order valence-electron chi connectivity index (χ4n) is 4.43. The lowest BCUT2D eigenvalue weighted by molar-refractivity contribution is -0.136. The number of hydrogen-bond donors (Lipinski definition) is 4. The number of imide groups is 1. The van der Waals surface area contributed by atoms with Crippen LogP contribution in [-0.4, -0.2) is 40.9 Å². The predicted molar refractivity (Wildman–Crippen MR) is 125 cm³/mol. The first-order valence-corrected chi connectivity index (χ1v) is 11.0. The number of para-hydroxylation sites is 1. The van der Waals surface area contributed by atoms with Gasteiger partial charge in [0.05, 0.1) is 0 Å². The second-order valence-corrected chi connectivity index (χ2v) is 8.51. The van der Waals surface area contributed by atoms with E-state index in [1.165, 1.54) is 0 Å². The Morgan fingerprint density at radius 2 is 1.55 bits per heavy atom. The molecule has 1 aliphatic heterocycles. The number of amides is 6. The molecule has 0 unspecified atom stereocenters. The highest BCUT2D eigenvalue weighted by Crippen LogP contribution is 2.38. The van der Waals surface area contributed by atoms with Gasteiger partial charge in [-0.15, -0.1) is 0 Å². The van der Waals surface area contributed by atoms with Crippen LogP contribution in [0.1, 0.15) is 32.6 Å². The standard InChI is InChI=1S/C24H27N5O4/c1-16-7-5-6-14-24(16)21(31)29(23(33)28-24)15-20(30)25-18-10-12-19(13-11-18)27-22(32)26-17-8-3-2-4-9-17/h2-4,8-13,16H,5-7,14-15H2,1H3,(H,25,30)(H,28,33)(H2,26,27,32)/t16-,24-/m0/s1. The van der Waals surface area contributed by atoms with Crippen LogP contribution in [0, 0.1) is 5.92 Å². The molecule has 0 bridgehead atoms. The number of benzene rings is 2. The molecule has 1 aliphatic carbocycles. The van der Waals surface area contributed by atoms with Crippen molar-refractivity contribution in [3.8, 4) is 0 Å². The van der Waals surface area contributed by atoms with E-state index in [-0.39, 0.29) is 24.4 Å². The summed E-state index contributed by atoms with van der Waals surface area (Å²) in [7, 11) is 0. The molecular weight excluding hydrogens is 422 g/mol. The summed E-state index contributed by atoms with van der Waals surface area (Å²) in [4.78, 5) is 51.0. The van der Waals surface area contributed by atoms with E-state index in [0.717, 1.165) is 24.2 Å². The Hall–Kier alpha value is -3.88. The maximum Gasteiger partial charge on any atom is 0.325 e. The molecule has 1 saturated heterocycles. The van der Waals surface area contributed by atoms with Gasteiger partial charge in [0.2, 0.25) is 5.91 Å². The smallest absolute Gasteiger partial charge is 0.325 e. The molecule has 2 aromatic carbocycles. The van der Waals surface area contributed by atoms with E-state index < -0.39 is 17.5 Å². The van der Waals surface area contributed by atoms with Gasteiger partial charge in [-0.1, -0.05) is 38.0 Å². The number of hydrogen-bond acceptors (Lipinski definition) is 4. The van der Waals surface area contributed by atoms with Crippen LogP contribution in [0.4, 0.5) is 26.7 Å². The number of carbonyl (C=O) groups is 4. The number of carbonyl (C=O) groups excluding carboxylic acids is 4. The molecule has 33 heavy (non-hydrogen) atoms. The molecule has 2 aromatic rings. The van der Waals surface area contributed by atoms with E-state index in [1.807, 2.05) is 25.1 Å². The normalized spacial score (nSPS) is 22.1. The van der Waals surface area contributed by atoms with Crippen molar-refractivity contribution in [3.05, 3.63) is 54.6 Å². The van der Waals surface area contributed by atoms with Crippen molar-refractivity contribution in [2.24, 2.45) is 5.92 Å². The van der Waals surface area contributed by atoms with Gasteiger partial charge in [-0.3, -0.25) is 14.5 Å². The first kappa shape index (κ1) is 22.3. The average Bonchev–Trinajstić information content (AvgIpc) is 3.02. The highest BCUT2D eigenvalue weighted by atomic mass is 16.2. The Labute approximate surface area is 191 Å². The maximum absolute atomic E-state index is 13.0. The highest BCUT2D eigenvalue weighted by molar-refractivity contribution is 6.10. The molecule has 1 heterocycles. The van der Waals surface area contributed by atoms with Crippen LogP contribution in [0.15, 0.2) is 54.6 Å². The van der Waals surface area contributed by atoms with Crippen molar-refractivity contribution in [2.75, 3.05) is 22.5 Å². The van der Waals surface area contributed by atoms with Gasteiger partial charge in [0.25, 0.3) is 5.91 Å². The molecule has 4 rings (SSSR count). The zero-order valence-corrected chi connectivity index (χ0v) is 18.4. The van der Waals surface area contributed by atoms with Gasteiger partial charge in [-0.05, 0) is 55.2 Å². The summed E-state index contributed by atoms with van der Waals surface area (Å²) < 4.78 is 0. The molecule has 1 saturated carbocycles. The molecule has 9 heteroatoms. The fourth-order valence-corrected chi connectivity index (χ4v) is 4.43. The minimum atomic E-state index is -0.886. The third-order valence-corrected chi connectivity index (χ3v) is 6.26. The predicted octanol–water partition coefficient (Wildman–Crippen LogP) is 3.77. The molecule has 9 nitrogen and oxygen atoms in total. The number of urea groups is 2. The second kappa shape index (κ2) is 9.32. The van der Waals surface area contributed by atoms with Gasteiger partial charge < -0.3 is 21.3 Å². The Balaban J connectivity index is 1.31. The first-order chi connectivity index (χ1) is 15.9. The largest absolute Gasteiger partial charge is 0.325 e. The van der Waals surface area contributed by atoms with Crippen molar-refractivity contribution in [1.29, 1.82) is 0 Å². The summed E-state index contributed by atoms with van der Waals surface area (Å²) >= 11 is 0. The number of nitrogens with zero attached hydrogens (tertiary/aromatic N) is 1. The summed E-state index contributed by atoms with van der Waals surface area (Å²) in [5.74, 6) is -0.754. The molecule has 2 atom stereocenters. The molecular formula is C24H27N5O4. The van der Waals surface area contributed by atoms with Gasteiger partial charge in [0.15, 0.2) is 0 Å². The van der Waals surface area contributed by atoms with Crippen LogP contribution in [0.3, 0.4) is 0 Å². The summed E-state index contributed by atoms with van der Waals surface area (Å²) in [6.45, 7) is 1.62. The summed E-state index contributed by atoms with van der Waals surface area (Å²) in [5, 5.41) is 11.0. The van der Waals surface area contributed by atoms with E-state index >= 15 is 0 Å². The fraction of sp³-hybridized carbons (Fsp3) is 0.333. The Bertz CT molecular complexity index is 1060. The van der Waals surface area contributed by atoms with Crippen molar-refractivity contribution in [2.45, 2.75) is 38.1 Å². The highest BCUT2D eigenvalue weighted by Gasteiger charge is 2.55. The van der Waals surface area contributed by atoms with Crippen LogP contribution >= 0.6 is 0 Å². The quantitative estimate of drug-likeness (QED) is 0.520. The lowest BCUT2D eigenvalue weighted by atomic mass is 9.73. The van der Waals surface area contributed by atoms with E-state index in [4.69, 9.17) is 0 Å². The second-order valence-electron chi connectivity index (χ2n) is 8.51. The molecule has 0 aromatic heterocycles. The van der Waals surface area contributed by atoms with Crippen LogP contribution in [0.25, 0.3) is 0 Å². The number of rotatable bonds is 5. The van der Waals surface area contributed by atoms with Gasteiger partial charge in [-0.2, -0.15) is 0 Å². The summed E-state index contributed by atoms with van der Waals surface area (Å²) in [6.07, 6.45) is 3.38. The Morgan fingerprint density at radius 3 is 2.18 bits per heavy atom. The topological polar surface area (TPSA) is 120 Å². The molecule has 172 valence electrons. The molecule has 1 spiro atoms. The molecule has 4 N–H and O–H groups in total. The lowest BCUT2D eigenvalue weighted by Gasteiger charge is -2.36. The SMILES string of the molecule is C[C@H]1CCCC[C@]12NC(=O)N(CC(=O)Nc1ccc(NC(=O)Nc3ccccc3)cc1)C2=O. The van der Waals surface area contributed by atoms with E-state index in [1.54, 1.807) is 36.4 Å². The molecule has 6 amide bonds. The zero-order chi connectivity index (χ0) is 23.4. The van der Waals surface area contributed by atoms with Crippen LogP contribution < -0.4 is 21.3 Å². The van der Waals surface area contributed by atoms with E-state index in [2.05, 4.69) is 21.3 Å². The van der Waals surface area contributed by atoms with Gasteiger partial charge in [0.1, 0.15) is 12.1 Å². The Morgan fingerprint density at radius 1 is 0.939 bits per heavy atom. The summed E-state index contributed by atoms with van der Waals surface area (Å²) in [5.41, 5.74) is 0.817. The van der Waals surface area contributed by atoms with Crippen molar-refractivity contribution < 1.29 is 19.2 Å². The van der Waals surface area contributed by atoms with Crippen LogP contribution in [0.5, 0.6) is 0 Å². The van der Waals surface area contributed by atoms with Crippen molar-refractivity contribution in [3.63, 3.8) is 0 Å². The number of nitrogens with one attached hydrogen (secondary N) is 4. The van der Waals surface area contributed by atoms with E-state index in [9.17, 15) is 19.2 Å². The monoisotopic (exact) mass is 449 g/mol. The third-order valence-electron chi connectivity index (χ3n) is 6.26. The number of anilines is 3. The maximum atomic E-state index is 13.0. The van der Waals surface area contributed by atoms with Gasteiger partial charge in [0, 0.05) is 17.1 Å². The molecule has 2 fully saturated rings. The van der Waals surface area contributed by atoms with Gasteiger partial charge in [-0.25, -0.2) is 9.59 Å². The minimum absolute atomic E-state index is 0.0369. The van der Waals surface area contributed by atoms with Crippen LogP contribution in [0.2, 0.25) is 0 Å². The third kappa shape index (κ3) is 4.82. The van der Waals surface area contributed by atoms with Gasteiger partial charge >= 0.3 is 12.1 Å². The van der Waals surface area contributed by atoms with Crippen LogP contribution in [-0.2, 0) is 9.59 Å². The average molecular weight is 450 g/mol. The van der Waals surface area contributed by atoms with E-state index in [0.29, 0.717) is 23.5 Å². The lowest BCUT2D eigenvalue weighted by Crippen LogP contribution is -2.54. The molecule has 0 radical (unpaired) electrons. The zero-order valence-electron chi connectivity index (χ0n) is 18.4.